The molecule has 8 nitrogen and oxygen atoms in total. The molecular formula is C24H36N4O4. The second-order valence-corrected chi connectivity index (χ2v) is 8.65. The highest BCUT2D eigenvalue weighted by molar-refractivity contribution is 5.75. The van der Waals surface area contributed by atoms with Crippen LogP contribution in [0, 0.1) is 0 Å². The van der Waals surface area contributed by atoms with E-state index in [0.29, 0.717) is 50.2 Å². The predicted molar refractivity (Wildman–Crippen MR) is 122 cm³/mol. The largest absolute Gasteiger partial charge is 0.492 e. The van der Waals surface area contributed by atoms with Crippen LogP contribution in [-0.4, -0.2) is 60.4 Å². The van der Waals surface area contributed by atoms with Crippen molar-refractivity contribution in [1.29, 1.82) is 0 Å². The van der Waals surface area contributed by atoms with Gasteiger partial charge in [0.05, 0.1) is 0 Å². The minimum absolute atomic E-state index is 0.0120. The molecule has 1 fully saturated rings. The Morgan fingerprint density at radius 2 is 2.12 bits per heavy atom. The van der Waals surface area contributed by atoms with Crippen LogP contribution in [0.1, 0.15) is 62.7 Å². The molecule has 1 aromatic carbocycles. The minimum atomic E-state index is 0.0120. The number of carbonyl (C=O) groups excluding carboxylic acids is 1. The standard InChI is InChI=1S/C24H36N4O4/c1-18(2)24-26-23(32-27-24)9-5-8-22(29)25-17-19-6-4-7-21(16-19)31-15-12-28(3)20-10-13-30-14-11-20/h4,6-7,16,18,20H,5,8-15,17H2,1-3H3,(H,25,29). The quantitative estimate of drug-likeness (QED) is 0.537. The van der Waals surface area contributed by atoms with E-state index in [-0.39, 0.29) is 11.8 Å². The fraction of sp³-hybridized carbons (Fsp3) is 0.625. The topological polar surface area (TPSA) is 89.7 Å². The van der Waals surface area contributed by atoms with Gasteiger partial charge < -0.3 is 19.3 Å². The Morgan fingerprint density at radius 1 is 1.31 bits per heavy atom. The van der Waals surface area contributed by atoms with E-state index in [1.807, 2.05) is 38.1 Å². The van der Waals surface area contributed by atoms with Crippen LogP contribution in [0.4, 0.5) is 0 Å². The fourth-order valence-corrected chi connectivity index (χ4v) is 3.65. The van der Waals surface area contributed by atoms with Gasteiger partial charge in [-0.15, -0.1) is 0 Å². The number of hydrogen-bond acceptors (Lipinski definition) is 7. The first kappa shape index (κ1) is 24.2. The van der Waals surface area contributed by atoms with E-state index >= 15 is 0 Å². The summed E-state index contributed by atoms with van der Waals surface area (Å²) >= 11 is 0. The number of likely N-dealkylation sites (N-methyl/N-ethyl adjacent to an activating group) is 1. The Kier molecular flexibility index (Phi) is 9.49. The molecular weight excluding hydrogens is 408 g/mol. The van der Waals surface area contributed by atoms with E-state index < -0.39 is 0 Å². The molecule has 0 saturated carbocycles. The zero-order valence-electron chi connectivity index (χ0n) is 19.5. The lowest BCUT2D eigenvalue weighted by atomic mass is 10.1. The van der Waals surface area contributed by atoms with Crippen molar-refractivity contribution in [3.63, 3.8) is 0 Å². The molecule has 1 saturated heterocycles. The van der Waals surface area contributed by atoms with Gasteiger partial charge in [-0.1, -0.05) is 31.1 Å². The van der Waals surface area contributed by atoms with Gasteiger partial charge in [-0.2, -0.15) is 4.98 Å². The van der Waals surface area contributed by atoms with Crippen LogP contribution in [0.3, 0.4) is 0 Å². The number of aryl methyl sites for hydroxylation is 1. The Morgan fingerprint density at radius 3 is 2.88 bits per heavy atom. The van der Waals surface area contributed by atoms with Gasteiger partial charge in [-0.3, -0.25) is 9.69 Å². The maximum atomic E-state index is 12.2. The summed E-state index contributed by atoms with van der Waals surface area (Å²) in [5.41, 5.74) is 1.02. The molecule has 0 atom stereocenters. The van der Waals surface area contributed by atoms with Crippen molar-refractivity contribution >= 4 is 5.91 Å². The Hall–Kier alpha value is -2.45. The molecule has 2 heterocycles. The van der Waals surface area contributed by atoms with Crippen LogP contribution in [0.15, 0.2) is 28.8 Å². The van der Waals surface area contributed by atoms with E-state index in [4.69, 9.17) is 14.0 Å². The summed E-state index contributed by atoms with van der Waals surface area (Å²) in [7, 11) is 2.15. The van der Waals surface area contributed by atoms with Gasteiger partial charge in [-0.05, 0) is 44.0 Å². The third kappa shape index (κ3) is 7.91. The molecule has 1 amide bonds. The summed E-state index contributed by atoms with van der Waals surface area (Å²) in [5.74, 6) is 2.38. The van der Waals surface area contributed by atoms with Crippen molar-refractivity contribution in [2.24, 2.45) is 0 Å². The molecule has 1 N–H and O–H groups in total. The average molecular weight is 445 g/mol. The summed E-state index contributed by atoms with van der Waals surface area (Å²) in [5, 5.41) is 6.92. The summed E-state index contributed by atoms with van der Waals surface area (Å²) < 4.78 is 16.6. The van der Waals surface area contributed by atoms with Gasteiger partial charge in [-0.25, -0.2) is 0 Å². The van der Waals surface area contributed by atoms with Crippen LogP contribution in [0.25, 0.3) is 0 Å². The van der Waals surface area contributed by atoms with Crippen molar-refractivity contribution in [1.82, 2.24) is 20.4 Å². The molecule has 0 bridgehead atoms. The SMILES string of the molecule is CC(C)c1noc(CCCC(=O)NCc2cccc(OCCN(C)C3CCOCC3)c2)n1. The Balaban J connectivity index is 1.33. The maximum Gasteiger partial charge on any atom is 0.226 e. The van der Waals surface area contributed by atoms with E-state index in [2.05, 4.69) is 27.4 Å². The van der Waals surface area contributed by atoms with Gasteiger partial charge in [0.15, 0.2) is 5.82 Å². The molecule has 0 aliphatic carbocycles. The highest BCUT2D eigenvalue weighted by atomic mass is 16.5. The van der Waals surface area contributed by atoms with Gasteiger partial charge in [0.1, 0.15) is 12.4 Å². The van der Waals surface area contributed by atoms with Crippen LogP contribution in [0.5, 0.6) is 5.75 Å². The smallest absolute Gasteiger partial charge is 0.226 e. The van der Waals surface area contributed by atoms with E-state index in [0.717, 1.165) is 43.9 Å². The first-order valence-corrected chi connectivity index (χ1v) is 11.6. The van der Waals surface area contributed by atoms with Crippen molar-refractivity contribution < 1.29 is 18.8 Å². The number of benzene rings is 1. The van der Waals surface area contributed by atoms with E-state index in [9.17, 15) is 4.79 Å². The summed E-state index contributed by atoms with van der Waals surface area (Å²) in [6.45, 7) is 7.74. The van der Waals surface area contributed by atoms with Gasteiger partial charge in [0.25, 0.3) is 0 Å². The van der Waals surface area contributed by atoms with Crippen LogP contribution in [-0.2, 0) is 22.5 Å². The maximum absolute atomic E-state index is 12.2. The number of ether oxygens (including phenoxy) is 2. The number of nitrogens with zero attached hydrogens (tertiary/aromatic N) is 3. The number of aromatic nitrogens is 2. The van der Waals surface area contributed by atoms with Crippen LogP contribution in [0.2, 0.25) is 0 Å². The molecule has 1 aliphatic rings. The highest BCUT2D eigenvalue weighted by Crippen LogP contribution is 2.15. The van der Waals surface area contributed by atoms with Crippen molar-refractivity contribution in [3.8, 4) is 5.75 Å². The van der Waals surface area contributed by atoms with Crippen molar-refractivity contribution in [2.45, 2.75) is 64.5 Å². The first-order chi connectivity index (χ1) is 15.5. The van der Waals surface area contributed by atoms with E-state index in [1.54, 1.807) is 0 Å². The summed E-state index contributed by atoms with van der Waals surface area (Å²) in [6.07, 6.45) is 3.88. The lowest BCUT2D eigenvalue weighted by Crippen LogP contribution is -2.38. The molecule has 3 rings (SSSR count). The molecule has 0 radical (unpaired) electrons. The number of hydrogen-bond donors (Lipinski definition) is 1. The molecule has 2 aromatic rings. The zero-order valence-corrected chi connectivity index (χ0v) is 19.5. The number of amides is 1. The highest BCUT2D eigenvalue weighted by Gasteiger charge is 2.18. The Bertz CT molecular complexity index is 833. The monoisotopic (exact) mass is 444 g/mol. The van der Waals surface area contributed by atoms with Crippen LogP contribution >= 0.6 is 0 Å². The summed E-state index contributed by atoms with van der Waals surface area (Å²) in [6, 6.07) is 8.47. The second-order valence-electron chi connectivity index (χ2n) is 8.65. The molecule has 0 spiro atoms. The normalized spacial score (nSPS) is 14.8. The molecule has 176 valence electrons. The molecule has 8 heteroatoms. The average Bonchev–Trinajstić information content (AvgIpc) is 3.28. The lowest BCUT2D eigenvalue weighted by molar-refractivity contribution is -0.121. The molecule has 32 heavy (non-hydrogen) atoms. The summed E-state index contributed by atoms with van der Waals surface area (Å²) in [4.78, 5) is 18.9. The third-order valence-electron chi connectivity index (χ3n) is 5.71. The second kappa shape index (κ2) is 12.6. The van der Waals surface area contributed by atoms with Crippen molar-refractivity contribution in [2.75, 3.05) is 33.4 Å². The zero-order chi connectivity index (χ0) is 22.8. The van der Waals surface area contributed by atoms with E-state index in [1.165, 1.54) is 0 Å². The minimum Gasteiger partial charge on any atom is -0.492 e. The molecule has 1 aliphatic heterocycles. The fourth-order valence-electron chi connectivity index (χ4n) is 3.65. The predicted octanol–water partition coefficient (Wildman–Crippen LogP) is 3.32. The first-order valence-electron chi connectivity index (χ1n) is 11.6. The van der Waals surface area contributed by atoms with Crippen LogP contribution < -0.4 is 10.1 Å². The third-order valence-corrected chi connectivity index (χ3v) is 5.71. The van der Waals surface area contributed by atoms with Gasteiger partial charge in [0.2, 0.25) is 11.8 Å². The van der Waals surface area contributed by atoms with Gasteiger partial charge >= 0.3 is 0 Å². The van der Waals surface area contributed by atoms with Gasteiger partial charge in [0, 0.05) is 51.1 Å². The number of carbonyl (C=O) groups is 1. The lowest BCUT2D eigenvalue weighted by Gasteiger charge is -2.31. The Labute approximate surface area is 190 Å². The van der Waals surface area contributed by atoms with Crippen molar-refractivity contribution in [3.05, 3.63) is 41.5 Å². The number of nitrogens with one attached hydrogen (secondary N) is 1. The number of rotatable bonds is 12. The molecule has 1 aromatic heterocycles. The molecule has 0 unspecified atom stereocenters.